The van der Waals surface area contributed by atoms with E-state index in [1.807, 2.05) is 19.2 Å². The second kappa shape index (κ2) is 6.42. The molecule has 0 unspecified atom stereocenters. The second-order valence-corrected chi connectivity index (χ2v) is 5.60. The van der Waals surface area contributed by atoms with E-state index in [0.29, 0.717) is 24.5 Å². The van der Waals surface area contributed by atoms with Gasteiger partial charge in [-0.15, -0.1) is 11.3 Å². The van der Waals surface area contributed by atoms with Crippen LogP contribution in [0.15, 0.2) is 17.8 Å². The number of nitrogens with two attached hydrogens (primary N) is 1. The molecule has 0 aromatic carbocycles. The zero-order valence-electron chi connectivity index (χ0n) is 11.5. The Hall–Kier alpha value is -2.02. The van der Waals surface area contributed by atoms with Crippen LogP contribution in [-0.4, -0.2) is 27.4 Å². The van der Waals surface area contributed by atoms with Gasteiger partial charge in [0.05, 0.1) is 16.9 Å². The van der Waals surface area contributed by atoms with Gasteiger partial charge in [-0.3, -0.25) is 4.79 Å². The fourth-order valence-electron chi connectivity index (χ4n) is 1.61. The number of thiazole rings is 1. The molecule has 106 valence electrons. The van der Waals surface area contributed by atoms with Crippen LogP contribution in [0.25, 0.3) is 0 Å². The van der Waals surface area contributed by atoms with E-state index in [1.54, 1.807) is 17.5 Å². The molecule has 0 radical (unpaired) electrons. The number of hydrogen-bond donors (Lipinski definition) is 2. The molecule has 20 heavy (non-hydrogen) atoms. The van der Waals surface area contributed by atoms with E-state index >= 15 is 0 Å². The summed E-state index contributed by atoms with van der Waals surface area (Å²) in [6, 6.07) is 0. The first-order valence-corrected chi connectivity index (χ1v) is 7.25. The molecule has 1 amide bonds. The lowest BCUT2D eigenvalue weighted by Crippen LogP contribution is -2.28. The van der Waals surface area contributed by atoms with Gasteiger partial charge in [-0.05, 0) is 0 Å². The van der Waals surface area contributed by atoms with Crippen LogP contribution in [0.3, 0.4) is 0 Å². The number of rotatable bonds is 5. The van der Waals surface area contributed by atoms with Crippen molar-refractivity contribution in [2.75, 3.05) is 12.3 Å². The van der Waals surface area contributed by atoms with Gasteiger partial charge in [0.2, 0.25) is 0 Å². The molecule has 0 aliphatic rings. The number of nitrogen functional groups attached to an aromatic ring is 1. The number of aromatic nitrogens is 3. The van der Waals surface area contributed by atoms with E-state index < -0.39 is 0 Å². The lowest BCUT2D eigenvalue weighted by molar-refractivity contribution is 0.0949. The summed E-state index contributed by atoms with van der Waals surface area (Å²) in [7, 11) is 0. The minimum absolute atomic E-state index is 0.150. The number of carbonyl (C=O) groups is 1. The predicted molar refractivity (Wildman–Crippen MR) is 78.7 cm³/mol. The predicted octanol–water partition coefficient (Wildman–Crippen LogP) is 1.61. The van der Waals surface area contributed by atoms with Crippen molar-refractivity contribution in [3.63, 3.8) is 0 Å². The first kappa shape index (κ1) is 14.4. The highest BCUT2D eigenvalue weighted by atomic mass is 32.1. The molecule has 0 saturated carbocycles. The summed E-state index contributed by atoms with van der Waals surface area (Å²) in [6.45, 7) is 4.44. The van der Waals surface area contributed by atoms with Crippen molar-refractivity contribution in [2.24, 2.45) is 0 Å². The van der Waals surface area contributed by atoms with Crippen LogP contribution >= 0.6 is 11.3 Å². The summed E-state index contributed by atoms with van der Waals surface area (Å²) >= 11 is 1.57. The van der Waals surface area contributed by atoms with Crippen molar-refractivity contribution in [1.29, 1.82) is 0 Å². The molecule has 2 heterocycles. The maximum atomic E-state index is 12.1. The van der Waals surface area contributed by atoms with Crippen LogP contribution in [-0.2, 0) is 6.42 Å². The summed E-state index contributed by atoms with van der Waals surface area (Å²) in [6.07, 6.45) is 3.93. The number of nitrogens with zero attached hydrogens (tertiary/aromatic N) is 3. The van der Waals surface area contributed by atoms with E-state index in [-0.39, 0.29) is 17.5 Å². The average molecular weight is 291 g/mol. The molecule has 2 rings (SSSR count). The van der Waals surface area contributed by atoms with E-state index in [1.165, 1.54) is 6.20 Å². The highest BCUT2D eigenvalue weighted by Crippen LogP contribution is 2.13. The summed E-state index contributed by atoms with van der Waals surface area (Å²) in [4.78, 5) is 24.6. The molecule has 0 bridgehead atoms. The van der Waals surface area contributed by atoms with E-state index in [0.717, 1.165) is 5.01 Å². The van der Waals surface area contributed by atoms with Gasteiger partial charge >= 0.3 is 0 Å². The van der Waals surface area contributed by atoms with Gasteiger partial charge in [0.1, 0.15) is 5.82 Å². The highest BCUT2D eigenvalue weighted by Gasteiger charge is 2.14. The maximum absolute atomic E-state index is 12.1. The first-order valence-electron chi connectivity index (χ1n) is 6.37. The molecule has 6 nitrogen and oxygen atoms in total. The fraction of sp³-hybridized carbons (Fsp3) is 0.385. The Balaban J connectivity index is 1.99. The molecule has 0 aliphatic carbocycles. The molecule has 0 aliphatic heterocycles. The van der Waals surface area contributed by atoms with E-state index in [4.69, 9.17) is 5.73 Å². The molecule has 0 fully saturated rings. The number of hydrogen-bond acceptors (Lipinski definition) is 6. The Labute approximate surface area is 121 Å². The Kier molecular flexibility index (Phi) is 4.62. The molecule has 2 aromatic rings. The number of amides is 1. The Morgan fingerprint density at radius 3 is 2.90 bits per heavy atom. The number of anilines is 1. The largest absolute Gasteiger partial charge is 0.396 e. The van der Waals surface area contributed by atoms with Crippen molar-refractivity contribution in [3.8, 4) is 0 Å². The van der Waals surface area contributed by atoms with Gasteiger partial charge in [0, 0.05) is 30.5 Å². The van der Waals surface area contributed by atoms with E-state index in [2.05, 4.69) is 20.3 Å². The first-order chi connectivity index (χ1) is 9.58. The Morgan fingerprint density at radius 2 is 2.25 bits per heavy atom. The molecule has 0 spiro atoms. The van der Waals surface area contributed by atoms with Gasteiger partial charge in [0.15, 0.2) is 5.69 Å². The van der Waals surface area contributed by atoms with Crippen molar-refractivity contribution >= 4 is 22.9 Å². The number of nitrogens with one attached hydrogen (secondary N) is 1. The summed E-state index contributed by atoms with van der Waals surface area (Å²) < 4.78 is 0. The molecule has 0 atom stereocenters. The molecule has 0 saturated heterocycles. The molecular weight excluding hydrogens is 274 g/mol. The van der Waals surface area contributed by atoms with Gasteiger partial charge in [0.25, 0.3) is 5.91 Å². The van der Waals surface area contributed by atoms with Gasteiger partial charge < -0.3 is 11.1 Å². The van der Waals surface area contributed by atoms with E-state index in [9.17, 15) is 4.79 Å². The third kappa shape index (κ3) is 3.51. The smallest absolute Gasteiger partial charge is 0.272 e. The Bertz CT molecular complexity index is 582. The lowest BCUT2D eigenvalue weighted by Gasteiger charge is -2.09. The third-order valence-corrected chi connectivity index (χ3v) is 3.51. The monoisotopic (exact) mass is 291 g/mol. The van der Waals surface area contributed by atoms with Gasteiger partial charge in [-0.25, -0.2) is 15.0 Å². The summed E-state index contributed by atoms with van der Waals surface area (Å²) in [5.41, 5.74) is 6.29. The minimum atomic E-state index is -0.275. The third-order valence-electron chi connectivity index (χ3n) is 2.68. The highest BCUT2D eigenvalue weighted by molar-refractivity contribution is 7.09. The van der Waals surface area contributed by atoms with Gasteiger partial charge in [-0.1, -0.05) is 13.8 Å². The van der Waals surface area contributed by atoms with Gasteiger partial charge in [-0.2, -0.15) is 0 Å². The average Bonchev–Trinajstić information content (AvgIpc) is 2.92. The van der Waals surface area contributed by atoms with Crippen LogP contribution < -0.4 is 11.1 Å². The maximum Gasteiger partial charge on any atom is 0.272 e. The molecular formula is C13H17N5OS. The molecule has 2 aromatic heterocycles. The quantitative estimate of drug-likeness (QED) is 0.873. The summed E-state index contributed by atoms with van der Waals surface area (Å²) in [5.74, 6) is 0.491. The van der Waals surface area contributed by atoms with Crippen LogP contribution in [0.5, 0.6) is 0 Å². The van der Waals surface area contributed by atoms with Crippen molar-refractivity contribution in [1.82, 2.24) is 20.3 Å². The standard InChI is InChI=1S/C13H17N5OS/c1-8(2)12-17-7-9(14)11(18-12)13(19)16-4-3-10-15-5-6-20-10/h5-8H,3-4,14H2,1-2H3,(H,16,19). The minimum Gasteiger partial charge on any atom is -0.396 e. The molecule has 7 heteroatoms. The molecule has 3 N–H and O–H groups in total. The summed E-state index contributed by atoms with van der Waals surface area (Å²) in [5, 5.41) is 5.70. The van der Waals surface area contributed by atoms with Crippen molar-refractivity contribution in [2.45, 2.75) is 26.2 Å². The zero-order valence-corrected chi connectivity index (χ0v) is 12.3. The van der Waals surface area contributed by atoms with Crippen molar-refractivity contribution < 1.29 is 4.79 Å². The lowest BCUT2D eigenvalue weighted by atomic mass is 10.2. The van der Waals surface area contributed by atoms with Crippen LogP contribution in [0, 0.1) is 0 Å². The van der Waals surface area contributed by atoms with Crippen LogP contribution in [0.2, 0.25) is 0 Å². The van der Waals surface area contributed by atoms with Crippen LogP contribution in [0.4, 0.5) is 5.69 Å². The second-order valence-electron chi connectivity index (χ2n) is 4.62. The Morgan fingerprint density at radius 1 is 1.45 bits per heavy atom. The van der Waals surface area contributed by atoms with Crippen molar-refractivity contribution in [3.05, 3.63) is 34.3 Å². The zero-order chi connectivity index (χ0) is 14.5. The van der Waals surface area contributed by atoms with Crippen LogP contribution in [0.1, 0.15) is 41.1 Å². The number of carbonyl (C=O) groups excluding carboxylic acids is 1. The normalized spacial score (nSPS) is 10.8. The fourth-order valence-corrected chi connectivity index (χ4v) is 2.23. The topological polar surface area (TPSA) is 93.8 Å². The SMILES string of the molecule is CC(C)c1ncc(N)c(C(=O)NCCc2nccs2)n1.